The lowest BCUT2D eigenvalue weighted by Crippen LogP contribution is -2.37. The molecule has 2 atom stereocenters. The molecule has 0 heterocycles. The maximum absolute atomic E-state index is 12.9. The predicted octanol–water partition coefficient (Wildman–Crippen LogP) is 25.9. The molecule has 0 aromatic rings. The smallest absolute Gasteiger partial charge is 0.306 e. The van der Waals surface area contributed by atoms with Crippen molar-refractivity contribution >= 4 is 19.8 Å². The Morgan fingerprint density at radius 2 is 0.594 bits per heavy atom. The summed E-state index contributed by atoms with van der Waals surface area (Å²) in [6.45, 7) is 4.11. The summed E-state index contributed by atoms with van der Waals surface area (Å²) in [5, 5.41) is 0. The van der Waals surface area contributed by atoms with E-state index in [-0.39, 0.29) is 32.0 Å². The molecule has 0 aliphatic rings. The fourth-order valence-electron chi connectivity index (χ4n) is 10.8. The fourth-order valence-corrected chi connectivity index (χ4v) is 11.6. The van der Waals surface area contributed by atoms with Crippen molar-refractivity contribution in [2.45, 2.75) is 341 Å². The van der Waals surface area contributed by atoms with Crippen LogP contribution in [0.2, 0.25) is 0 Å². The highest BCUT2D eigenvalue weighted by atomic mass is 31.2. The SMILES string of the molecule is CC/C=C\C/C=C\C/C=C\C/C=C\C/C=C\C/C=C\C/C=C\C/C=C\C/C=C\CCCCCCCC(=O)OC(COC(=O)CCCCCCCCCCCCCCCCCCCCCCCCCC/C=C\C/C=C\C/C=C\CCCCCCC)COP(=O)([O-])OCC[N+](C)(C)C. The van der Waals surface area contributed by atoms with Gasteiger partial charge < -0.3 is 27.9 Å². The first-order chi connectivity index (χ1) is 47.0. The number of hydrogen-bond donors (Lipinski definition) is 0. The summed E-state index contributed by atoms with van der Waals surface area (Å²) in [6.07, 6.45) is 111. The highest BCUT2D eigenvalue weighted by Crippen LogP contribution is 2.38. The second-order valence-electron chi connectivity index (χ2n) is 27.3. The van der Waals surface area contributed by atoms with Gasteiger partial charge in [0.05, 0.1) is 27.7 Å². The standard InChI is InChI=1S/C86H148NO8P/c1-6-8-10-12-14-16-18-20-22-24-26-28-30-32-34-36-38-40-41-42-43-44-45-47-48-50-52-54-56-58-60-62-64-66-68-70-72-74-76-78-85(88)92-82-84(83-94-96(90,91)93-81-80-87(3,4)5)95-86(89)79-77-75-73-71-69-67-65-63-61-59-57-55-53-51-49-46-39-37-35-33-31-29-27-25-23-21-19-17-15-13-11-9-7-2/h9,11,15,17-18,20-21,23-24,26-27,29-30,32-33,35,39,46,51,53,57,59,63,65,84H,6-8,10,12-14,16,19,22,25,28,31,34,36-38,40-45,47-50,52,54-56,58,60-62,64,66-83H2,1-5H3/b11-9-,17-15-,20-18-,23-21-,26-24-,29-27-,32-30-,35-33-,46-39-,53-51-,59-57-,65-63-. The van der Waals surface area contributed by atoms with Gasteiger partial charge in [-0.15, -0.1) is 0 Å². The molecule has 550 valence electrons. The number of carbonyl (C=O) groups excluding carboxylic acids is 2. The molecule has 2 unspecified atom stereocenters. The van der Waals surface area contributed by atoms with E-state index in [1.807, 2.05) is 21.1 Å². The highest BCUT2D eigenvalue weighted by molar-refractivity contribution is 7.45. The first-order valence-corrected chi connectivity index (χ1v) is 41.0. The zero-order valence-corrected chi connectivity index (χ0v) is 63.7. The molecule has 96 heavy (non-hydrogen) atoms. The number of unbranched alkanes of at least 4 members (excludes halogenated alkanes) is 34. The lowest BCUT2D eigenvalue weighted by Gasteiger charge is -2.28. The number of likely N-dealkylation sites (N-methyl/N-ethyl adjacent to an activating group) is 1. The Labute approximate surface area is 593 Å². The fraction of sp³-hybridized carbons (Fsp3) is 0.698. The van der Waals surface area contributed by atoms with Gasteiger partial charge in [-0.2, -0.15) is 0 Å². The van der Waals surface area contributed by atoms with Crippen LogP contribution in [0.25, 0.3) is 0 Å². The molecule has 0 saturated heterocycles. The normalized spacial score (nSPS) is 13.9. The summed E-state index contributed by atoms with van der Waals surface area (Å²) in [5.41, 5.74) is 0. The average molecular weight is 1360 g/mol. The van der Waals surface area contributed by atoms with Crippen molar-refractivity contribution in [3.63, 3.8) is 0 Å². The van der Waals surface area contributed by atoms with Crippen LogP contribution in [0.1, 0.15) is 335 Å². The lowest BCUT2D eigenvalue weighted by molar-refractivity contribution is -0.870. The molecule has 0 aliphatic carbocycles. The van der Waals surface area contributed by atoms with Crippen molar-refractivity contribution in [3.8, 4) is 0 Å². The first kappa shape index (κ1) is 91.9. The number of carbonyl (C=O) groups is 2. The number of hydrogen-bond acceptors (Lipinski definition) is 8. The van der Waals surface area contributed by atoms with E-state index in [9.17, 15) is 19.0 Å². The van der Waals surface area contributed by atoms with E-state index >= 15 is 0 Å². The topological polar surface area (TPSA) is 111 Å². The number of esters is 2. The van der Waals surface area contributed by atoms with Gasteiger partial charge in [-0.25, -0.2) is 0 Å². The van der Waals surface area contributed by atoms with E-state index in [0.29, 0.717) is 17.4 Å². The van der Waals surface area contributed by atoms with Gasteiger partial charge in [0, 0.05) is 12.8 Å². The minimum atomic E-state index is -4.66. The largest absolute Gasteiger partial charge is 0.756 e. The van der Waals surface area contributed by atoms with Crippen LogP contribution in [0, 0.1) is 0 Å². The van der Waals surface area contributed by atoms with Gasteiger partial charge in [-0.3, -0.25) is 14.2 Å². The van der Waals surface area contributed by atoms with Crippen molar-refractivity contribution in [1.29, 1.82) is 0 Å². The van der Waals surface area contributed by atoms with Gasteiger partial charge >= 0.3 is 11.9 Å². The first-order valence-electron chi connectivity index (χ1n) is 39.5. The van der Waals surface area contributed by atoms with Crippen LogP contribution in [-0.4, -0.2) is 70.0 Å². The van der Waals surface area contributed by atoms with E-state index in [4.69, 9.17) is 18.5 Å². The summed E-state index contributed by atoms with van der Waals surface area (Å²) in [6, 6.07) is 0. The van der Waals surface area contributed by atoms with Crippen LogP contribution >= 0.6 is 7.82 Å². The maximum atomic E-state index is 12.9. The second-order valence-corrected chi connectivity index (χ2v) is 28.8. The molecule has 0 rings (SSSR count). The third-order valence-electron chi connectivity index (χ3n) is 16.8. The number of quaternary nitrogens is 1. The maximum Gasteiger partial charge on any atom is 0.306 e. The molecule has 0 aromatic carbocycles. The Balaban J connectivity index is 4.03. The molecule has 0 radical (unpaired) electrons. The summed E-state index contributed by atoms with van der Waals surface area (Å²) >= 11 is 0. The molecule has 9 nitrogen and oxygen atoms in total. The summed E-state index contributed by atoms with van der Waals surface area (Å²) in [7, 11) is 1.14. The average Bonchev–Trinajstić information content (AvgIpc) is 1.48. The quantitative estimate of drug-likeness (QED) is 0.0195. The molecule has 0 saturated carbocycles. The lowest BCUT2D eigenvalue weighted by atomic mass is 10.0. The third kappa shape index (κ3) is 78.9. The molecular formula is C86H148NO8P. The number of rotatable bonds is 72. The molecule has 0 spiro atoms. The molecule has 10 heteroatoms. The Kier molecular flexibility index (Phi) is 71.9. The molecule has 0 N–H and O–H groups in total. The molecule has 0 fully saturated rings. The summed E-state index contributed by atoms with van der Waals surface area (Å²) in [4.78, 5) is 38.2. The molecular weight excluding hydrogens is 1210 g/mol. The number of allylic oxidation sites excluding steroid dienone is 24. The van der Waals surface area contributed by atoms with Crippen molar-refractivity contribution in [2.75, 3.05) is 47.5 Å². The van der Waals surface area contributed by atoms with Crippen LogP contribution in [-0.2, 0) is 32.7 Å². The minimum Gasteiger partial charge on any atom is -0.756 e. The van der Waals surface area contributed by atoms with Gasteiger partial charge in [-0.1, -0.05) is 346 Å². The monoisotopic (exact) mass is 1350 g/mol. The van der Waals surface area contributed by atoms with E-state index in [1.165, 1.54) is 180 Å². The molecule has 0 amide bonds. The van der Waals surface area contributed by atoms with Gasteiger partial charge in [0.15, 0.2) is 6.10 Å². The van der Waals surface area contributed by atoms with E-state index in [1.54, 1.807) is 0 Å². The highest BCUT2D eigenvalue weighted by Gasteiger charge is 2.22. The van der Waals surface area contributed by atoms with E-state index in [2.05, 4.69) is 160 Å². The van der Waals surface area contributed by atoms with Crippen LogP contribution in [0.4, 0.5) is 0 Å². The Bertz CT molecular complexity index is 2140. The van der Waals surface area contributed by atoms with Crippen molar-refractivity contribution < 1.29 is 42.1 Å². The number of phosphoric ester groups is 1. The van der Waals surface area contributed by atoms with Crippen molar-refractivity contribution in [2.24, 2.45) is 0 Å². The number of ether oxygens (including phenoxy) is 2. The number of nitrogens with zero attached hydrogens (tertiary/aromatic N) is 1. The van der Waals surface area contributed by atoms with Crippen LogP contribution in [0.15, 0.2) is 146 Å². The Morgan fingerprint density at radius 3 is 0.885 bits per heavy atom. The molecule has 0 aliphatic heterocycles. The zero-order chi connectivity index (χ0) is 69.7. The number of phosphoric acid groups is 1. The molecule has 0 aromatic heterocycles. The summed E-state index contributed by atoms with van der Waals surface area (Å²) < 4.78 is 34.4. The van der Waals surface area contributed by atoms with E-state index < -0.39 is 26.5 Å². The van der Waals surface area contributed by atoms with Crippen molar-refractivity contribution in [1.82, 2.24) is 0 Å². The predicted molar refractivity (Wildman–Crippen MR) is 415 cm³/mol. The van der Waals surface area contributed by atoms with Gasteiger partial charge in [-0.05, 0) is 122 Å². The van der Waals surface area contributed by atoms with Gasteiger partial charge in [0.2, 0.25) is 0 Å². The van der Waals surface area contributed by atoms with Crippen LogP contribution < -0.4 is 4.89 Å². The van der Waals surface area contributed by atoms with Crippen molar-refractivity contribution in [3.05, 3.63) is 146 Å². The van der Waals surface area contributed by atoms with Crippen LogP contribution in [0.5, 0.6) is 0 Å². The van der Waals surface area contributed by atoms with E-state index in [0.717, 1.165) is 122 Å². The Hall–Kier alpha value is -4.11. The van der Waals surface area contributed by atoms with Gasteiger partial charge in [0.1, 0.15) is 19.8 Å². The Morgan fingerprint density at radius 1 is 0.333 bits per heavy atom. The third-order valence-corrected chi connectivity index (χ3v) is 17.8. The zero-order valence-electron chi connectivity index (χ0n) is 62.8. The minimum absolute atomic E-state index is 0.0407. The summed E-state index contributed by atoms with van der Waals surface area (Å²) in [5.74, 6) is -0.853. The van der Waals surface area contributed by atoms with Crippen LogP contribution in [0.3, 0.4) is 0 Å². The second kappa shape index (κ2) is 75.1. The van der Waals surface area contributed by atoms with Gasteiger partial charge in [0.25, 0.3) is 7.82 Å². The molecule has 0 bridgehead atoms.